The summed E-state index contributed by atoms with van der Waals surface area (Å²) in [7, 11) is -3.27. The number of hydrogen-bond donors (Lipinski definition) is 0. The molecule has 0 aliphatic rings. The van der Waals surface area contributed by atoms with Crippen LogP contribution in [0.2, 0.25) is 0 Å². The van der Waals surface area contributed by atoms with Crippen molar-refractivity contribution in [1.82, 2.24) is 9.61 Å². The summed E-state index contributed by atoms with van der Waals surface area (Å²) in [5.41, 5.74) is 4.75. The second-order valence-corrected chi connectivity index (χ2v) is 8.26. The van der Waals surface area contributed by atoms with E-state index in [0.717, 1.165) is 27.9 Å². The molecule has 6 heteroatoms. The Morgan fingerprint density at radius 2 is 1.67 bits per heavy atom. The quantitative estimate of drug-likeness (QED) is 0.545. The lowest BCUT2D eigenvalue weighted by Crippen LogP contribution is -1.96. The van der Waals surface area contributed by atoms with Gasteiger partial charge in [-0.15, -0.1) is 0 Å². The van der Waals surface area contributed by atoms with Gasteiger partial charge in [0, 0.05) is 23.6 Å². The number of fused-ring (bicyclic) bond motifs is 1. The molecule has 0 spiro atoms. The fraction of sp³-hybridized carbons (Fsp3) is 0.0476. The van der Waals surface area contributed by atoms with Crippen molar-refractivity contribution in [1.29, 1.82) is 5.26 Å². The highest BCUT2D eigenvalue weighted by Gasteiger charge is 2.17. The number of nitriles is 1. The predicted molar refractivity (Wildman–Crippen MR) is 104 cm³/mol. The van der Waals surface area contributed by atoms with Gasteiger partial charge in [-0.1, -0.05) is 42.5 Å². The summed E-state index contributed by atoms with van der Waals surface area (Å²) < 4.78 is 25.3. The zero-order valence-electron chi connectivity index (χ0n) is 14.5. The molecule has 0 aliphatic heterocycles. The molecule has 27 heavy (non-hydrogen) atoms. The summed E-state index contributed by atoms with van der Waals surface area (Å²) in [5, 5.41) is 14.0. The predicted octanol–water partition coefficient (Wildman–Crippen LogP) is 3.94. The van der Waals surface area contributed by atoms with Gasteiger partial charge >= 0.3 is 0 Å². The average Bonchev–Trinajstić information content (AvgIpc) is 3.06. The molecule has 0 amide bonds. The number of nitrogens with zero attached hydrogens (tertiary/aromatic N) is 3. The van der Waals surface area contributed by atoms with Gasteiger partial charge in [-0.05, 0) is 29.8 Å². The van der Waals surface area contributed by atoms with E-state index in [4.69, 9.17) is 5.10 Å². The number of aromatic nitrogens is 2. The van der Waals surface area contributed by atoms with Crippen molar-refractivity contribution in [3.63, 3.8) is 0 Å². The number of pyridine rings is 1. The first-order valence-corrected chi connectivity index (χ1v) is 10.1. The highest BCUT2D eigenvalue weighted by Crippen LogP contribution is 2.35. The minimum absolute atomic E-state index is 0.265. The van der Waals surface area contributed by atoms with Gasteiger partial charge in [0.2, 0.25) is 0 Å². The molecule has 0 N–H and O–H groups in total. The van der Waals surface area contributed by atoms with Gasteiger partial charge in [0.05, 0.1) is 22.0 Å². The Morgan fingerprint density at radius 3 is 2.30 bits per heavy atom. The molecule has 0 saturated carbocycles. The van der Waals surface area contributed by atoms with E-state index in [1.165, 1.54) is 6.26 Å². The number of hydrogen-bond acceptors (Lipinski definition) is 4. The summed E-state index contributed by atoms with van der Waals surface area (Å²) in [6.45, 7) is 0. The van der Waals surface area contributed by atoms with Crippen molar-refractivity contribution < 1.29 is 8.42 Å². The Hall–Kier alpha value is -3.43. The summed E-state index contributed by atoms with van der Waals surface area (Å²) in [5.74, 6) is 0. The second-order valence-electron chi connectivity index (χ2n) is 6.24. The smallest absolute Gasteiger partial charge is 0.175 e. The minimum Gasteiger partial charge on any atom is -0.240 e. The Labute approximate surface area is 157 Å². The Kier molecular flexibility index (Phi) is 4.02. The highest BCUT2D eigenvalue weighted by molar-refractivity contribution is 7.90. The largest absolute Gasteiger partial charge is 0.240 e. The van der Waals surface area contributed by atoms with Crippen LogP contribution in [-0.4, -0.2) is 24.3 Å². The molecule has 0 atom stereocenters. The first kappa shape index (κ1) is 17.0. The van der Waals surface area contributed by atoms with E-state index < -0.39 is 9.84 Å². The molecule has 0 radical (unpaired) electrons. The molecule has 4 aromatic rings. The van der Waals surface area contributed by atoms with Crippen LogP contribution >= 0.6 is 0 Å². The number of sulfone groups is 1. The van der Waals surface area contributed by atoms with Crippen LogP contribution in [0, 0.1) is 11.3 Å². The standard InChI is InChI=1S/C21H15N3O2S/c1-27(25,26)18-9-7-16(8-10-18)20-19-13-15(14-22)11-12-24(19)23-21(20)17-5-3-2-4-6-17/h2-13H,1H3. The maximum Gasteiger partial charge on any atom is 0.175 e. The monoisotopic (exact) mass is 373 g/mol. The van der Waals surface area contributed by atoms with E-state index in [-0.39, 0.29) is 4.90 Å². The lowest BCUT2D eigenvalue weighted by Gasteiger charge is -2.05. The lowest BCUT2D eigenvalue weighted by atomic mass is 9.99. The lowest BCUT2D eigenvalue weighted by molar-refractivity contribution is 0.602. The van der Waals surface area contributed by atoms with Crippen molar-refractivity contribution in [2.75, 3.05) is 6.26 Å². The molecule has 2 aromatic heterocycles. The molecular formula is C21H15N3O2S. The second kappa shape index (κ2) is 6.38. The van der Waals surface area contributed by atoms with Crippen LogP contribution < -0.4 is 0 Å². The van der Waals surface area contributed by atoms with Gasteiger partial charge in [0.1, 0.15) is 5.69 Å². The van der Waals surface area contributed by atoms with Crippen molar-refractivity contribution in [3.8, 4) is 28.5 Å². The van der Waals surface area contributed by atoms with E-state index >= 15 is 0 Å². The Bertz CT molecular complexity index is 1280. The highest BCUT2D eigenvalue weighted by atomic mass is 32.2. The van der Waals surface area contributed by atoms with Gasteiger partial charge in [0.15, 0.2) is 9.84 Å². The van der Waals surface area contributed by atoms with Crippen molar-refractivity contribution in [2.45, 2.75) is 4.90 Å². The van der Waals surface area contributed by atoms with E-state index in [9.17, 15) is 13.7 Å². The van der Waals surface area contributed by atoms with E-state index in [2.05, 4.69) is 6.07 Å². The van der Waals surface area contributed by atoms with Crippen LogP contribution in [0.15, 0.2) is 77.8 Å². The fourth-order valence-electron chi connectivity index (χ4n) is 3.07. The third-order valence-electron chi connectivity index (χ3n) is 4.38. The fourth-order valence-corrected chi connectivity index (χ4v) is 3.70. The minimum atomic E-state index is -3.27. The van der Waals surface area contributed by atoms with Crippen LogP contribution in [0.3, 0.4) is 0 Å². The van der Waals surface area contributed by atoms with Gasteiger partial charge in [-0.3, -0.25) is 0 Å². The zero-order chi connectivity index (χ0) is 19.0. The van der Waals surface area contributed by atoms with Crippen LogP contribution in [0.1, 0.15) is 5.56 Å². The van der Waals surface area contributed by atoms with Crippen molar-refractivity contribution in [3.05, 3.63) is 78.5 Å². The molecule has 0 unspecified atom stereocenters. The molecule has 132 valence electrons. The van der Waals surface area contributed by atoms with Gasteiger partial charge in [-0.2, -0.15) is 10.4 Å². The molecule has 0 aliphatic carbocycles. The molecule has 2 aromatic carbocycles. The van der Waals surface area contributed by atoms with E-state index in [1.807, 2.05) is 30.3 Å². The summed E-state index contributed by atoms with van der Waals surface area (Å²) in [6, 6.07) is 22.2. The van der Waals surface area contributed by atoms with Crippen LogP contribution in [0.25, 0.3) is 27.9 Å². The summed E-state index contributed by atoms with van der Waals surface area (Å²) in [4.78, 5) is 0.265. The topological polar surface area (TPSA) is 75.2 Å². The first-order chi connectivity index (χ1) is 13.0. The summed E-state index contributed by atoms with van der Waals surface area (Å²) in [6.07, 6.45) is 2.95. The zero-order valence-corrected chi connectivity index (χ0v) is 15.3. The maximum absolute atomic E-state index is 11.8. The van der Waals surface area contributed by atoms with E-state index in [0.29, 0.717) is 5.56 Å². The molecule has 5 nitrogen and oxygen atoms in total. The third kappa shape index (κ3) is 3.09. The molecule has 0 saturated heterocycles. The van der Waals surface area contributed by atoms with E-state index in [1.54, 1.807) is 47.1 Å². The van der Waals surface area contributed by atoms with Crippen LogP contribution in [0.5, 0.6) is 0 Å². The first-order valence-electron chi connectivity index (χ1n) is 8.26. The van der Waals surface area contributed by atoms with Crippen LogP contribution in [0.4, 0.5) is 0 Å². The Balaban J connectivity index is 2.01. The number of rotatable bonds is 3. The molecule has 2 heterocycles. The molecule has 4 rings (SSSR count). The third-order valence-corrected chi connectivity index (χ3v) is 5.51. The molecule has 0 fully saturated rings. The van der Waals surface area contributed by atoms with Gasteiger partial charge < -0.3 is 0 Å². The molecule has 0 bridgehead atoms. The normalized spacial score (nSPS) is 11.4. The van der Waals surface area contributed by atoms with Gasteiger partial charge in [-0.25, -0.2) is 12.9 Å². The molecular weight excluding hydrogens is 358 g/mol. The summed E-state index contributed by atoms with van der Waals surface area (Å²) >= 11 is 0. The van der Waals surface area contributed by atoms with Gasteiger partial charge in [0.25, 0.3) is 0 Å². The Morgan fingerprint density at radius 1 is 0.963 bits per heavy atom. The van der Waals surface area contributed by atoms with Crippen molar-refractivity contribution in [2.24, 2.45) is 0 Å². The average molecular weight is 373 g/mol. The number of benzene rings is 2. The maximum atomic E-state index is 11.8. The van der Waals surface area contributed by atoms with Crippen LogP contribution in [-0.2, 0) is 9.84 Å². The van der Waals surface area contributed by atoms with Crippen molar-refractivity contribution >= 4 is 15.4 Å². The SMILES string of the molecule is CS(=O)(=O)c1ccc(-c2c(-c3ccccc3)nn3ccc(C#N)cc23)cc1.